The number of rotatable bonds is 6. The first kappa shape index (κ1) is 15.6. The molecule has 0 amide bonds. The lowest BCUT2D eigenvalue weighted by atomic mass is 10.1. The Labute approximate surface area is 117 Å². The molecule has 16 heavy (non-hydrogen) atoms. The van der Waals surface area contributed by atoms with Gasteiger partial charge in [-0.05, 0) is 45.4 Å². The van der Waals surface area contributed by atoms with E-state index in [4.69, 9.17) is 11.1 Å². The largest absolute Gasteiger partial charge is 0.404 e. The van der Waals surface area contributed by atoms with Gasteiger partial charge in [-0.1, -0.05) is 0 Å². The molecule has 0 aromatic rings. The summed E-state index contributed by atoms with van der Waals surface area (Å²) in [6.07, 6.45) is 1.96. The maximum atomic E-state index is 7.56. The Morgan fingerprint density at radius 2 is 2.25 bits per heavy atom. The van der Waals surface area contributed by atoms with E-state index in [-0.39, 0.29) is 0 Å². The maximum absolute atomic E-state index is 7.56. The molecule has 4 N–H and O–H groups in total. The zero-order valence-corrected chi connectivity index (χ0v) is 13.0. The summed E-state index contributed by atoms with van der Waals surface area (Å²) < 4.78 is 1.09. The number of nitrogens with two attached hydrogens (primary N) is 1. The predicted octanol–water partition coefficient (Wildman–Crippen LogP) is 2.02. The topological polar surface area (TPSA) is 86.6 Å². The van der Waals surface area contributed by atoms with Crippen molar-refractivity contribution in [2.75, 3.05) is 13.6 Å². The number of nitrogens with one attached hydrogen (secondary N) is 2. The molecule has 0 radical (unpaired) electrons. The molecular weight excluding hydrogens is 385 g/mol. The van der Waals surface area contributed by atoms with Crippen molar-refractivity contribution >= 4 is 52.6 Å². The minimum Gasteiger partial charge on any atom is -0.404 e. The molecule has 0 unspecified atom stereocenters. The number of allylic oxidation sites excluding steroid dienone is 1. The Hall–Kier alpha value is -0.440. The third kappa shape index (κ3) is 5.59. The van der Waals surface area contributed by atoms with Crippen LogP contribution in [0.25, 0.3) is 0 Å². The summed E-state index contributed by atoms with van der Waals surface area (Å²) in [7, 11) is 1.70. The third-order valence-electron chi connectivity index (χ3n) is 1.62. The van der Waals surface area contributed by atoms with E-state index < -0.39 is 0 Å². The summed E-state index contributed by atoms with van der Waals surface area (Å²) in [5.74, 6) is 0. The first-order valence-electron chi connectivity index (χ1n) is 4.65. The van der Waals surface area contributed by atoms with Crippen molar-refractivity contribution in [1.82, 2.24) is 5.43 Å². The number of nitrogens with zero attached hydrogens (tertiary/aromatic N) is 2. The zero-order valence-electron chi connectivity index (χ0n) is 9.22. The molecule has 5 nitrogen and oxygen atoms in total. The SMILES string of the molecule is CCN=C(Br)C(=CN)C/C(=N/NC)C(=N)I. The van der Waals surface area contributed by atoms with Gasteiger partial charge in [0.25, 0.3) is 0 Å². The summed E-state index contributed by atoms with van der Waals surface area (Å²) in [5.41, 5.74) is 9.64. The highest BCUT2D eigenvalue weighted by atomic mass is 127. The second-order valence-corrected chi connectivity index (χ2v) is 4.56. The van der Waals surface area contributed by atoms with Gasteiger partial charge in [0, 0.05) is 31.8 Å². The smallest absolute Gasteiger partial charge is 0.116 e. The highest BCUT2D eigenvalue weighted by Gasteiger charge is 2.10. The fourth-order valence-electron chi connectivity index (χ4n) is 0.923. The first-order valence-corrected chi connectivity index (χ1v) is 6.52. The van der Waals surface area contributed by atoms with Crippen molar-refractivity contribution < 1.29 is 0 Å². The molecule has 7 heteroatoms. The Balaban J connectivity index is 4.85. The Morgan fingerprint density at radius 3 is 2.62 bits per heavy atom. The molecule has 90 valence electrons. The van der Waals surface area contributed by atoms with Crippen molar-refractivity contribution in [3.63, 3.8) is 0 Å². The lowest BCUT2D eigenvalue weighted by Gasteiger charge is -2.06. The van der Waals surface area contributed by atoms with Gasteiger partial charge in [-0.3, -0.25) is 10.4 Å². The highest BCUT2D eigenvalue weighted by Crippen LogP contribution is 2.12. The monoisotopic (exact) mass is 399 g/mol. The van der Waals surface area contributed by atoms with Gasteiger partial charge in [-0.15, -0.1) is 0 Å². The van der Waals surface area contributed by atoms with Gasteiger partial charge in [0.05, 0.1) is 5.71 Å². The molecule has 0 aliphatic carbocycles. The van der Waals surface area contributed by atoms with E-state index in [0.29, 0.717) is 27.0 Å². The van der Waals surface area contributed by atoms with E-state index in [1.807, 2.05) is 29.5 Å². The Kier molecular flexibility index (Phi) is 8.44. The molecule has 0 aliphatic heterocycles. The van der Waals surface area contributed by atoms with Crippen LogP contribution >= 0.6 is 38.5 Å². The molecule has 0 aromatic carbocycles. The first-order chi connectivity index (χ1) is 7.56. The quantitative estimate of drug-likeness (QED) is 0.362. The van der Waals surface area contributed by atoms with Gasteiger partial charge in [0.1, 0.15) is 8.34 Å². The second-order valence-electron chi connectivity index (χ2n) is 2.73. The molecule has 0 atom stereocenters. The van der Waals surface area contributed by atoms with Crippen molar-refractivity contribution in [2.24, 2.45) is 15.8 Å². The van der Waals surface area contributed by atoms with Crippen LogP contribution in [-0.4, -0.2) is 27.6 Å². The average molecular weight is 400 g/mol. The van der Waals surface area contributed by atoms with Gasteiger partial charge < -0.3 is 11.2 Å². The molecule has 0 rings (SSSR count). The minimum absolute atomic E-state index is 0.378. The fraction of sp³-hybridized carbons (Fsp3) is 0.444. The normalized spacial score (nSPS) is 13.9. The van der Waals surface area contributed by atoms with Crippen LogP contribution in [0.5, 0.6) is 0 Å². The van der Waals surface area contributed by atoms with E-state index in [1.54, 1.807) is 7.05 Å². The summed E-state index contributed by atoms with van der Waals surface area (Å²) in [5, 5.41) is 11.6. The van der Waals surface area contributed by atoms with Crippen LogP contribution in [-0.2, 0) is 0 Å². The summed E-state index contributed by atoms with van der Waals surface area (Å²) in [6, 6.07) is 0. The van der Waals surface area contributed by atoms with Crippen molar-refractivity contribution in [3.8, 4) is 0 Å². The van der Waals surface area contributed by atoms with Crippen LogP contribution in [0.3, 0.4) is 0 Å². The number of hydrazone groups is 1. The number of hydrogen-bond donors (Lipinski definition) is 3. The number of halogens is 2. The van der Waals surface area contributed by atoms with Crippen LogP contribution < -0.4 is 11.2 Å². The fourth-order valence-corrected chi connectivity index (χ4v) is 1.76. The second kappa shape index (κ2) is 8.68. The van der Waals surface area contributed by atoms with Crippen LogP contribution in [0.15, 0.2) is 21.9 Å². The van der Waals surface area contributed by atoms with Crippen molar-refractivity contribution in [2.45, 2.75) is 13.3 Å². The molecule has 0 saturated carbocycles. The van der Waals surface area contributed by atoms with E-state index >= 15 is 0 Å². The Bertz CT molecular complexity index is 335. The van der Waals surface area contributed by atoms with E-state index in [2.05, 4.69) is 31.4 Å². The lowest BCUT2D eigenvalue weighted by molar-refractivity contribution is 0.899. The summed E-state index contributed by atoms with van der Waals surface area (Å²) in [4.78, 5) is 4.20. The molecule has 0 fully saturated rings. The number of aliphatic imine (C=N–C) groups is 1. The van der Waals surface area contributed by atoms with Gasteiger partial charge in [-0.25, -0.2) is 0 Å². The lowest BCUT2D eigenvalue weighted by Crippen LogP contribution is -2.15. The van der Waals surface area contributed by atoms with Crippen LogP contribution in [0.4, 0.5) is 0 Å². The maximum Gasteiger partial charge on any atom is 0.116 e. The highest BCUT2D eigenvalue weighted by molar-refractivity contribution is 14.1. The van der Waals surface area contributed by atoms with Crippen LogP contribution in [0.2, 0.25) is 0 Å². The van der Waals surface area contributed by atoms with Crippen LogP contribution in [0.1, 0.15) is 13.3 Å². The minimum atomic E-state index is 0.378. The van der Waals surface area contributed by atoms with Gasteiger partial charge >= 0.3 is 0 Å². The summed E-state index contributed by atoms with van der Waals surface area (Å²) >= 11 is 5.26. The van der Waals surface area contributed by atoms with Gasteiger partial charge in [-0.2, -0.15) is 5.10 Å². The van der Waals surface area contributed by atoms with E-state index in [9.17, 15) is 0 Å². The molecule has 0 heterocycles. The molecule has 0 bridgehead atoms. The van der Waals surface area contributed by atoms with Crippen molar-refractivity contribution in [1.29, 1.82) is 5.41 Å². The predicted molar refractivity (Wildman–Crippen MR) is 82.0 cm³/mol. The summed E-state index contributed by atoms with van der Waals surface area (Å²) in [6.45, 7) is 2.62. The zero-order chi connectivity index (χ0) is 12.6. The molecular formula is C9H15BrIN5. The van der Waals surface area contributed by atoms with Gasteiger partial charge in [0.2, 0.25) is 0 Å². The standard InChI is InChI=1S/C9H15BrIN5/c1-3-15-8(10)6(5-12)4-7(9(11)13)16-14-2/h5,13-14H,3-4,12H2,1-2H3/b6-5?,13-9?,15-8?,16-7-. The van der Waals surface area contributed by atoms with Crippen molar-refractivity contribution in [3.05, 3.63) is 11.8 Å². The van der Waals surface area contributed by atoms with E-state index in [0.717, 1.165) is 5.57 Å². The molecule has 0 aliphatic rings. The molecule has 0 spiro atoms. The van der Waals surface area contributed by atoms with E-state index in [1.165, 1.54) is 6.20 Å². The third-order valence-corrected chi connectivity index (χ3v) is 3.00. The average Bonchev–Trinajstić information content (AvgIpc) is 2.24. The van der Waals surface area contributed by atoms with Crippen LogP contribution in [0, 0.1) is 5.41 Å². The Morgan fingerprint density at radius 1 is 1.62 bits per heavy atom. The molecule has 0 saturated heterocycles. The molecule has 0 aromatic heterocycles. The van der Waals surface area contributed by atoms with Gasteiger partial charge in [0.15, 0.2) is 0 Å². The number of hydrogen-bond acceptors (Lipinski definition) is 5.